The number of para-hydroxylation sites is 1. The molecule has 0 saturated heterocycles. The first-order valence-electron chi connectivity index (χ1n) is 11.4. The molecular weight excluding hydrogens is 484 g/mol. The van der Waals surface area contributed by atoms with Crippen molar-refractivity contribution in [3.05, 3.63) is 40.1 Å². The number of ether oxygens (including phenoxy) is 1. The monoisotopic (exact) mass is 516 g/mol. The van der Waals surface area contributed by atoms with E-state index in [-0.39, 0.29) is 12.6 Å². The molecule has 0 unspecified atom stereocenters. The lowest BCUT2D eigenvalue weighted by molar-refractivity contribution is 0.0884. The molecule has 1 atom stereocenters. The van der Waals surface area contributed by atoms with Gasteiger partial charge in [-0.15, -0.1) is 0 Å². The summed E-state index contributed by atoms with van der Waals surface area (Å²) in [5, 5.41) is 13.8. The van der Waals surface area contributed by atoms with E-state index in [1.54, 1.807) is 0 Å². The summed E-state index contributed by atoms with van der Waals surface area (Å²) in [7, 11) is -1.14. The van der Waals surface area contributed by atoms with Crippen LogP contribution in [0.25, 0.3) is 22.2 Å². The molecular formula is C24H33BrN4O2Si. The van der Waals surface area contributed by atoms with Gasteiger partial charge < -0.3 is 19.7 Å². The highest BCUT2D eigenvalue weighted by atomic mass is 79.9. The van der Waals surface area contributed by atoms with Crippen LogP contribution in [0.4, 0.5) is 5.95 Å². The number of aromatic nitrogens is 3. The van der Waals surface area contributed by atoms with Gasteiger partial charge in [0.2, 0.25) is 5.95 Å². The van der Waals surface area contributed by atoms with Crippen LogP contribution in [-0.2, 0) is 24.3 Å². The number of benzene rings is 1. The first-order chi connectivity index (χ1) is 15.3. The van der Waals surface area contributed by atoms with Gasteiger partial charge in [0.25, 0.3) is 0 Å². The Bertz CT molecular complexity index is 1110. The molecule has 0 radical (unpaired) electrons. The van der Waals surface area contributed by atoms with Crippen LogP contribution >= 0.6 is 15.9 Å². The normalized spacial score (nSPS) is 14.7. The van der Waals surface area contributed by atoms with Crippen molar-refractivity contribution in [2.45, 2.75) is 64.6 Å². The largest absolute Gasteiger partial charge is 0.394 e. The van der Waals surface area contributed by atoms with Crippen LogP contribution < -0.4 is 5.32 Å². The van der Waals surface area contributed by atoms with Crippen LogP contribution in [0.5, 0.6) is 0 Å². The highest BCUT2D eigenvalue weighted by Crippen LogP contribution is 2.41. The number of halogens is 1. The van der Waals surface area contributed by atoms with Gasteiger partial charge in [0, 0.05) is 48.0 Å². The third kappa shape index (κ3) is 4.93. The Morgan fingerprint density at radius 2 is 2.09 bits per heavy atom. The first-order valence-corrected chi connectivity index (χ1v) is 15.9. The van der Waals surface area contributed by atoms with Gasteiger partial charge in [-0.3, -0.25) is 0 Å². The Morgan fingerprint density at radius 1 is 1.28 bits per heavy atom. The molecule has 1 aromatic carbocycles. The molecule has 172 valence electrons. The molecule has 3 aromatic rings. The van der Waals surface area contributed by atoms with Crippen LogP contribution in [0.2, 0.25) is 25.7 Å². The van der Waals surface area contributed by atoms with Crippen molar-refractivity contribution in [2.24, 2.45) is 0 Å². The second kappa shape index (κ2) is 9.63. The molecule has 1 aliphatic rings. The summed E-state index contributed by atoms with van der Waals surface area (Å²) in [5.74, 6) is 0.556. The first kappa shape index (κ1) is 23.4. The minimum Gasteiger partial charge on any atom is -0.394 e. The molecule has 4 rings (SSSR count). The number of aliphatic hydroxyl groups excluding tert-OH is 1. The Hall–Kier alpha value is -1.74. The number of rotatable bonds is 8. The highest BCUT2D eigenvalue weighted by Gasteiger charge is 2.26. The second-order valence-electron chi connectivity index (χ2n) is 9.88. The Kier molecular flexibility index (Phi) is 7.05. The predicted molar refractivity (Wildman–Crippen MR) is 137 cm³/mol. The second-order valence-corrected chi connectivity index (χ2v) is 16.4. The van der Waals surface area contributed by atoms with E-state index in [1.807, 2.05) is 13.1 Å². The van der Waals surface area contributed by atoms with Gasteiger partial charge in [-0.05, 0) is 59.8 Å². The van der Waals surface area contributed by atoms with Crippen LogP contribution in [-0.4, -0.2) is 47.0 Å². The minimum atomic E-state index is -1.14. The van der Waals surface area contributed by atoms with Gasteiger partial charge in [-0.2, -0.15) is 0 Å². The molecule has 0 fully saturated rings. The highest BCUT2D eigenvalue weighted by molar-refractivity contribution is 9.10. The molecule has 0 bridgehead atoms. The topological polar surface area (TPSA) is 72.2 Å². The van der Waals surface area contributed by atoms with E-state index >= 15 is 0 Å². The molecule has 2 heterocycles. The zero-order valence-corrected chi connectivity index (χ0v) is 22.0. The molecule has 0 aliphatic heterocycles. The van der Waals surface area contributed by atoms with E-state index in [0.29, 0.717) is 12.7 Å². The number of nitrogens with zero attached hydrogens (tertiary/aromatic N) is 3. The zero-order valence-electron chi connectivity index (χ0n) is 19.4. The van der Waals surface area contributed by atoms with Gasteiger partial charge in [0.1, 0.15) is 6.73 Å². The molecule has 1 aliphatic carbocycles. The fourth-order valence-electron chi connectivity index (χ4n) is 4.21. The number of fused-ring (bicyclic) bond motifs is 5. The SMILES string of the molecule is C[C@@H](CO)Nc1ncc2c(n1)-c1c(n(COCC[Si](C)(C)C)c3c(Br)cccc13)CCC2. The third-order valence-electron chi connectivity index (χ3n) is 5.97. The molecule has 2 N–H and O–H groups in total. The summed E-state index contributed by atoms with van der Waals surface area (Å²) in [5.41, 5.74) is 5.78. The summed E-state index contributed by atoms with van der Waals surface area (Å²) in [4.78, 5) is 9.44. The molecule has 2 aromatic heterocycles. The Morgan fingerprint density at radius 3 is 2.84 bits per heavy atom. The maximum Gasteiger partial charge on any atom is 0.223 e. The molecule has 0 saturated carbocycles. The minimum absolute atomic E-state index is 0.0344. The number of aryl methyl sites for hydroxylation is 1. The predicted octanol–water partition coefficient (Wildman–Crippen LogP) is 5.45. The molecule has 0 amide bonds. The molecule has 0 spiro atoms. The van der Waals surface area contributed by atoms with Gasteiger partial charge >= 0.3 is 0 Å². The number of hydrogen-bond donors (Lipinski definition) is 2. The van der Waals surface area contributed by atoms with Crippen LogP contribution in [0.3, 0.4) is 0 Å². The quantitative estimate of drug-likeness (QED) is 0.307. The maximum atomic E-state index is 9.43. The summed E-state index contributed by atoms with van der Waals surface area (Å²) < 4.78 is 9.61. The van der Waals surface area contributed by atoms with E-state index in [0.717, 1.165) is 47.6 Å². The summed E-state index contributed by atoms with van der Waals surface area (Å²) >= 11 is 3.79. The van der Waals surface area contributed by atoms with E-state index < -0.39 is 8.07 Å². The number of aliphatic hydroxyl groups is 1. The maximum absolute atomic E-state index is 9.43. The summed E-state index contributed by atoms with van der Waals surface area (Å²) in [6, 6.07) is 7.41. The van der Waals surface area contributed by atoms with Crippen molar-refractivity contribution in [1.29, 1.82) is 0 Å². The number of anilines is 1. The van der Waals surface area contributed by atoms with Crippen LogP contribution in [0.1, 0.15) is 24.6 Å². The van der Waals surface area contributed by atoms with Crippen molar-refractivity contribution in [1.82, 2.24) is 14.5 Å². The average Bonchev–Trinajstić information content (AvgIpc) is 2.93. The average molecular weight is 518 g/mol. The van der Waals surface area contributed by atoms with Crippen molar-refractivity contribution in [3.63, 3.8) is 0 Å². The van der Waals surface area contributed by atoms with Crippen molar-refractivity contribution in [2.75, 3.05) is 18.5 Å². The van der Waals surface area contributed by atoms with Gasteiger partial charge in [-0.1, -0.05) is 31.8 Å². The van der Waals surface area contributed by atoms with E-state index in [4.69, 9.17) is 9.72 Å². The van der Waals surface area contributed by atoms with Crippen LogP contribution in [0.15, 0.2) is 28.9 Å². The zero-order chi connectivity index (χ0) is 22.9. The van der Waals surface area contributed by atoms with E-state index in [2.05, 4.69) is 68.6 Å². The summed E-state index contributed by atoms with van der Waals surface area (Å²) in [6.45, 7) is 10.4. The molecule has 6 nitrogen and oxygen atoms in total. The van der Waals surface area contributed by atoms with Gasteiger partial charge in [0.15, 0.2) is 0 Å². The lowest BCUT2D eigenvalue weighted by atomic mass is 10.0. The standard InChI is InChI=1S/C24H33BrN4O2Si/c1-16(14-30)27-24-26-13-17-7-5-10-20-21(22(17)28-24)18-8-6-9-19(25)23(18)29(20)15-31-11-12-32(2,3)4/h6,8-9,13,16,30H,5,7,10-12,14-15H2,1-4H3,(H,26,27,28)/t16-/m0/s1. The fourth-order valence-corrected chi connectivity index (χ4v) is 5.54. The van der Waals surface area contributed by atoms with Gasteiger partial charge in [0.05, 0.1) is 17.8 Å². The van der Waals surface area contributed by atoms with Crippen LogP contribution in [0, 0.1) is 0 Å². The Balaban J connectivity index is 1.79. The summed E-state index contributed by atoms with van der Waals surface area (Å²) in [6.07, 6.45) is 4.91. The van der Waals surface area contributed by atoms with E-state index in [1.165, 1.54) is 22.2 Å². The third-order valence-corrected chi connectivity index (χ3v) is 8.31. The number of nitrogens with one attached hydrogen (secondary N) is 1. The molecule has 32 heavy (non-hydrogen) atoms. The fraction of sp³-hybridized carbons (Fsp3) is 0.500. The van der Waals surface area contributed by atoms with Gasteiger partial charge in [-0.25, -0.2) is 9.97 Å². The van der Waals surface area contributed by atoms with E-state index in [9.17, 15) is 5.11 Å². The van der Waals surface area contributed by atoms with Crippen molar-refractivity contribution < 1.29 is 9.84 Å². The lowest BCUT2D eigenvalue weighted by Crippen LogP contribution is -2.22. The van der Waals surface area contributed by atoms with Crippen molar-refractivity contribution in [3.8, 4) is 11.3 Å². The smallest absolute Gasteiger partial charge is 0.223 e. The molecule has 8 heteroatoms. The lowest BCUT2D eigenvalue weighted by Gasteiger charge is -2.17. The van der Waals surface area contributed by atoms with Crippen molar-refractivity contribution >= 4 is 40.9 Å². The number of hydrogen-bond acceptors (Lipinski definition) is 5. The Labute approximate surface area is 199 Å².